The molecule has 0 atom stereocenters. The van der Waals surface area contributed by atoms with Crippen molar-refractivity contribution in [2.45, 2.75) is 17.7 Å². The van der Waals surface area contributed by atoms with E-state index in [0.29, 0.717) is 17.3 Å². The Morgan fingerprint density at radius 1 is 1.18 bits per heavy atom. The van der Waals surface area contributed by atoms with E-state index in [0.717, 1.165) is 15.5 Å². The maximum Gasteiger partial charge on any atom is 0.232 e. The molecule has 0 aromatic heterocycles. The van der Waals surface area contributed by atoms with E-state index < -0.39 is 15.8 Å². The zero-order valence-corrected chi connectivity index (χ0v) is 17.8. The van der Waals surface area contributed by atoms with E-state index in [2.05, 4.69) is 5.32 Å². The lowest BCUT2D eigenvalue weighted by Gasteiger charge is -2.22. The van der Waals surface area contributed by atoms with Gasteiger partial charge in [0.15, 0.2) is 0 Å². The highest BCUT2D eigenvalue weighted by atomic mass is 35.5. The Bertz CT molecular complexity index is 892. The molecule has 1 N–H and O–H groups in total. The highest BCUT2D eigenvalue weighted by molar-refractivity contribution is 7.99. The SMILES string of the molecule is CS(=O)(=O)N(CCCC(=O)NCCSc1ccc(Cl)cc1)c1ccccc1F. The van der Waals surface area contributed by atoms with Gasteiger partial charge in [-0.05, 0) is 42.8 Å². The number of hydrogen-bond donors (Lipinski definition) is 1. The van der Waals surface area contributed by atoms with Crippen LogP contribution in [-0.2, 0) is 14.8 Å². The lowest BCUT2D eigenvalue weighted by molar-refractivity contribution is -0.121. The molecule has 0 saturated heterocycles. The lowest BCUT2D eigenvalue weighted by Crippen LogP contribution is -2.33. The van der Waals surface area contributed by atoms with E-state index in [-0.39, 0.29) is 31.0 Å². The fraction of sp³-hybridized carbons (Fsp3) is 0.316. The van der Waals surface area contributed by atoms with E-state index >= 15 is 0 Å². The molecule has 152 valence electrons. The molecular weight excluding hydrogens is 423 g/mol. The summed E-state index contributed by atoms with van der Waals surface area (Å²) in [4.78, 5) is 13.0. The van der Waals surface area contributed by atoms with Gasteiger partial charge in [0.05, 0.1) is 11.9 Å². The number of nitrogens with one attached hydrogen (secondary N) is 1. The van der Waals surface area contributed by atoms with Crippen molar-refractivity contribution < 1.29 is 17.6 Å². The minimum Gasteiger partial charge on any atom is -0.355 e. The van der Waals surface area contributed by atoms with Crippen LogP contribution in [0.4, 0.5) is 10.1 Å². The van der Waals surface area contributed by atoms with E-state index in [9.17, 15) is 17.6 Å². The quantitative estimate of drug-likeness (QED) is 0.445. The number of nitrogens with zero attached hydrogens (tertiary/aromatic N) is 1. The van der Waals surface area contributed by atoms with Crippen LogP contribution in [0.1, 0.15) is 12.8 Å². The van der Waals surface area contributed by atoms with Crippen molar-refractivity contribution >= 4 is 45.0 Å². The number of benzene rings is 2. The Morgan fingerprint density at radius 2 is 1.86 bits per heavy atom. The Labute approximate surface area is 174 Å². The van der Waals surface area contributed by atoms with E-state index in [1.165, 1.54) is 18.2 Å². The van der Waals surface area contributed by atoms with Crippen LogP contribution in [0, 0.1) is 5.82 Å². The fourth-order valence-corrected chi connectivity index (χ4v) is 4.34. The molecule has 0 heterocycles. The van der Waals surface area contributed by atoms with Crippen LogP contribution >= 0.6 is 23.4 Å². The van der Waals surface area contributed by atoms with Crippen LogP contribution in [0.3, 0.4) is 0 Å². The fourth-order valence-electron chi connectivity index (χ4n) is 2.48. The van der Waals surface area contributed by atoms with Crippen LogP contribution in [0.15, 0.2) is 53.4 Å². The number of anilines is 1. The number of halogens is 2. The van der Waals surface area contributed by atoms with Crippen molar-refractivity contribution in [3.8, 4) is 0 Å². The molecule has 0 bridgehead atoms. The molecule has 0 fully saturated rings. The summed E-state index contributed by atoms with van der Waals surface area (Å²) in [6.07, 6.45) is 1.47. The number of rotatable bonds is 10. The van der Waals surface area contributed by atoms with Gasteiger partial charge in [0.2, 0.25) is 15.9 Å². The van der Waals surface area contributed by atoms with Gasteiger partial charge in [-0.3, -0.25) is 9.10 Å². The summed E-state index contributed by atoms with van der Waals surface area (Å²) in [6.45, 7) is 0.530. The van der Waals surface area contributed by atoms with Crippen molar-refractivity contribution in [3.63, 3.8) is 0 Å². The number of para-hydroxylation sites is 1. The summed E-state index contributed by atoms with van der Waals surface area (Å²) in [6, 6.07) is 13.1. The van der Waals surface area contributed by atoms with Crippen LogP contribution in [0.2, 0.25) is 5.02 Å². The Kier molecular flexibility index (Phi) is 8.59. The Hall–Kier alpha value is -1.77. The van der Waals surface area contributed by atoms with Gasteiger partial charge in [0.1, 0.15) is 5.82 Å². The van der Waals surface area contributed by atoms with Gasteiger partial charge >= 0.3 is 0 Å². The van der Waals surface area contributed by atoms with Gasteiger partial charge in [0.25, 0.3) is 0 Å². The van der Waals surface area contributed by atoms with Gasteiger partial charge in [-0.1, -0.05) is 23.7 Å². The second-order valence-electron chi connectivity index (χ2n) is 6.04. The number of thioether (sulfide) groups is 1. The molecule has 2 rings (SSSR count). The standard InChI is InChI=1S/C19H22ClFN2O3S2/c1-28(25,26)23(18-6-3-2-5-17(18)21)13-4-7-19(24)22-12-14-27-16-10-8-15(20)9-11-16/h2-3,5-6,8-11H,4,7,12-14H2,1H3,(H,22,24). The second kappa shape index (κ2) is 10.7. The smallest absolute Gasteiger partial charge is 0.232 e. The first-order valence-electron chi connectivity index (χ1n) is 8.64. The molecule has 0 radical (unpaired) electrons. The lowest BCUT2D eigenvalue weighted by atomic mass is 10.2. The third-order valence-corrected chi connectivity index (χ3v) is 6.24. The number of hydrogen-bond acceptors (Lipinski definition) is 4. The first-order valence-corrected chi connectivity index (χ1v) is 11.9. The van der Waals surface area contributed by atoms with Crippen LogP contribution in [0.25, 0.3) is 0 Å². The van der Waals surface area contributed by atoms with Crippen LogP contribution in [0.5, 0.6) is 0 Å². The minimum atomic E-state index is -3.64. The first kappa shape index (κ1) is 22.5. The maximum atomic E-state index is 13.9. The monoisotopic (exact) mass is 444 g/mol. The van der Waals surface area contributed by atoms with Gasteiger partial charge in [-0.2, -0.15) is 0 Å². The summed E-state index contributed by atoms with van der Waals surface area (Å²) in [5.41, 5.74) is -0.00947. The molecule has 0 aliphatic rings. The molecule has 0 saturated carbocycles. The zero-order valence-electron chi connectivity index (χ0n) is 15.4. The highest BCUT2D eigenvalue weighted by Crippen LogP contribution is 2.22. The number of carbonyl (C=O) groups excluding carboxylic acids is 1. The third-order valence-electron chi connectivity index (χ3n) is 3.79. The molecule has 0 aliphatic heterocycles. The van der Waals surface area contributed by atoms with Crippen molar-refractivity contribution in [1.82, 2.24) is 5.32 Å². The van der Waals surface area contributed by atoms with Crippen molar-refractivity contribution in [1.29, 1.82) is 0 Å². The molecule has 0 aliphatic carbocycles. The number of carbonyl (C=O) groups is 1. The van der Waals surface area contributed by atoms with Gasteiger partial charge in [0, 0.05) is 35.2 Å². The predicted molar refractivity (Wildman–Crippen MR) is 113 cm³/mol. The highest BCUT2D eigenvalue weighted by Gasteiger charge is 2.20. The van der Waals surface area contributed by atoms with Crippen molar-refractivity contribution in [3.05, 3.63) is 59.4 Å². The molecule has 2 aromatic carbocycles. The van der Waals surface area contributed by atoms with Gasteiger partial charge in [-0.25, -0.2) is 12.8 Å². The molecule has 0 spiro atoms. The summed E-state index contributed by atoms with van der Waals surface area (Å²) in [7, 11) is -3.64. The second-order valence-corrected chi connectivity index (χ2v) is 9.55. The summed E-state index contributed by atoms with van der Waals surface area (Å²) >= 11 is 7.43. The minimum absolute atomic E-state index is 0.00947. The summed E-state index contributed by atoms with van der Waals surface area (Å²) in [5, 5.41) is 3.48. The van der Waals surface area contributed by atoms with E-state index in [4.69, 9.17) is 11.6 Å². The van der Waals surface area contributed by atoms with Crippen LogP contribution in [-0.4, -0.2) is 39.4 Å². The first-order chi connectivity index (χ1) is 13.3. The van der Waals surface area contributed by atoms with E-state index in [1.54, 1.807) is 17.8 Å². The summed E-state index contributed by atoms with van der Waals surface area (Å²) in [5.74, 6) is -0.0757. The predicted octanol–water partition coefficient (Wildman–Crippen LogP) is 3.93. The topological polar surface area (TPSA) is 66.5 Å². The molecule has 2 aromatic rings. The Morgan fingerprint density at radius 3 is 2.50 bits per heavy atom. The van der Waals surface area contributed by atoms with Crippen molar-refractivity contribution in [2.75, 3.05) is 29.4 Å². The molecular formula is C19H22ClFN2O3S2. The largest absolute Gasteiger partial charge is 0.355 e. The average molecular weight is 445 g/mol. The zero-order chi connectivity index (χ0) is 20.6. The average Bonchev–Trinajstić information content (AvgIpc) is 2.64. The molecule has 5 nitrogen and oxygen atoms in total. The molecule has 9 heteroatoms. The number of amides is 1. The molecule has 0 unspecified atom stereocenters. The van der Waals surface area contributed by atoms with Gasteiger partial charge < -0.3 is 5.32 Å². The third kappa shape index (κ3) is 7.33. The normalized spacial score (nSPS) is 11.2. The summed E-state index contributed by atoms with van der Waals surface area (Å²) < 4.78 is 38.9. The molecule has 28 heavy (non-hydrogen) atoms. The van der Waals surface area contributed by atoms with E-state index in [1.807, 2.05) is 24.3 Å². The number of sulfonamides is 1. The Balaban J connectivity index is 1.75. The van der Waals surface area contributed by atoms with Crippen molar-refractivity contribution in [2.24, 2.45) is 0 Å². The van der Waals surface area contributed by atoms with Crippen LogP contribution < -0.4 is 9.62 Å². The van der Waals surface area contributed by atoms with Gasteiger partial charge in [-0.15, -0.1) is 11.8 Å². The maximum absolute atomic E-state index is 13.9. The molecule has 1 amide bonds.